The van der Waals surface area contributed by atoms with Gasteiger partial charge in [-0.15, -0.1) is 0 Å². The molecular formula is C18H18FNO3. The van der Waals surface area contributed by atoms with Gasteiger partial charge >= 0.3 is 0 Å². The monoisotopic (exact) mass is 315 g/mol. The van der Waals surface area contributed by atoms with Crippen molar-refractivity contribution in [2.75, 3.05) is 19.5 Å². The van der Waals surface area contributed by atoms with Gasteiger partial charge in [0.25, 0.3) is 0 Å². The molecule has 2 aromatic carbocycles. The van der Waals surface area contributed by atoms with Crippen LogP contribution in [0.25, 0.3) is 0 Å². The van der Waals surface area contributed by atoms with Gasteiger partial charge in [-0.05, 0) is 37.3 Å². The molecule has 0 atom stereocenters. The Morgan fingerprint density at radius 3 is 2.57 bits per heavy atom. The SMILES string of the molecule is COc1ccc(C(=O)/C=C/Nc2cccc(F)c2C)cc1OC. The van der Waals surface area contributed by atoms with Gasteiger partial charge in [0.15, 0.2) is 17.3 Å². The van der Waals surface area contributed by atoms with Crippen LogP contribution >= 0.6 is 0 Å². The number of anilines is 1. The molecule has 0 saturated carbocycles. The number of nitrogens with one attached hydrogen (secondary N) is 1. The second kappa shape index (κ2) is 7.45. The van der Waals surface area contributed by atoms with Crippen LogP contribution in [0.5, 0.6) is 11.5 Å². The first-order valence-electron chi connectivity index (χ1n) is 7.01. The van der Waals surface area contributed by atoms with Gasteiger partial charge in [-0.1, -0.05) is 6.07 Å². The number of carbonyl (C=O) groups is 1. The van der Waals surface area contributed by atoms with Gasteiger partial charge in [0.1, 0.15) is 5.82 Å². The van der Waals surface area contributed by atoms with Crippen molar-refractivity contribution >= 4 is 11.5 Å². The Morgan fingerprint density at radius 1 is 1.13 bits per heavy atom. The fourth-order valence-corrected chi connectivity index (χ4v) is 2.06. The minimum Gasteiger partial charge on any atom is -0.493 e. The maximum atomic E-state index is 13.4. The Kier molecular flexibility index (Phi) is 5.36. The van der Waals surface area contributed by atoms with Gasteiger partial charge in [-0.2, -0.15) is 0 Å². The van der Waals surface area contributed by atoms with Gasteiger partial charge in [-0.3, -0.25) is 4.79 Å². The summed E-state index contributed by atoms with van der Waals surface area (Å²) in [6.45, 7) is 1.67. The molecule has 0 bridgehead atoms. The third-order valence-corrected chi connectivity index (χ3v) is 3.41. The molecule has 0 saturated heterocycles. The number of ketones is 1. The smallest absolute Gasteiger partial charge is 0.187 e. The molecular weight excluding hydrogens is 297 g/mol. The molecule has 0 heterocycles. The predicted molar refractivity (Wildman–Crippen MR) is 87.8 cm³/mol. The van der Waals surface area contributed by atoms with Crippen LogP contribution in [0.3, 0.4) is 0 Å². The molecule has 120 valence electrons. The summed E-state index contributed by atoms with van der Waals surface area (Å²) in [4.78, 5) is 12.2. The zero-order valence-corrected chi connectivity index (χ0v) is 13.2. The summed E-state index contributed by atoms with van der Waals surface area (Å²) in [6, 6.07) is 9.67. The summed E-state index contributed by atoms with van der Waals surface area (Å²) < 4.78 is 23.7. The minimum absolute atomic E-state index is 0.201. The molecule has 23 heavy (non-hydrogen) atoms. The van der Waals surface area contributed by atoms with E-state index < -0.39 is 0 Å². The van der Waals surface area contributed by atoms with Gasteiger partial charge in [0.05, 0.1) is 14.2 Å². The zero-order chi connectivity index (χ0) is 16.8. The number of hydrogen-bond donors (Lipinski definition) is 1. The van der Waals surface area contributed by atoms with E-state index in [9.17, 15) is 9.18 Å². The molecule has 0 aliphatic heterocycles. The summed E-state index contributed by atoms with van der Waals surface area (Å²) in [7, 11) is 3.04. The lowest BCUT2D eigenvalue weighted by molar-refractivity contribution is 0.104. The summed E-state index contributed by atoms with van der Waals surface area (Å²) in [6.07, 6.45) is 2.87. The van der Waals surface area contributed by atoms with Crippen molar-refractivity contribution in [3.05, 3.63) is 65.6 Å². The summed E-state index contributed by atoms with van der Waals surface area (Å²) >= 11 is 0. The molecule has 2 aromatic rings. The van der Waals surface area contributed by atoms with Gasteiger partial charge in [0.2, 0.25) is 0 Å². The fraction of sp³-hybridized carbons (Fsp3) is 0.167. The van der Waals surface area contributed by atoms with Crippen LogP contribution in [0.1, 0.15) is 15.9 Å². The third kappa shape index (κ3) is 3.88. The van der Waals surface area contributed by atoms with Gasteiger partial charge < -0.3 is 14.8 Å². The summed E-state index contributed by atoms with van der Waals surface area (Å²) in [5, 5.41) is 2.91. The number of hydrogen-bond acceptors (Lipinski definition) is 4. The Bertz CT molecular complexity index is 741. The van der Waals surface area contributed by atoms with Crippen LogP contribution in [-0.2, 0) is 0 Å². The van der Waals surface area contributed by atoms with Crippen molar-refractivity contribution in [1.29, 1.82) is 0 Å². The first-order chi connectivity index (χ1) is 11.1. The molecule has 0 aliphatic rings. The second-order valence-corrected chi connectivity index (χ2v) is 4.82. The molecule has 0 amide bonds. The maximum Gasteiger partial charge on any atom is 0.187 e. The molecule has 5 heteroatoms. The van der Waals surface area contributed by atoms with Gasteiger partial charge in [0, 0.05) is 29.1 Å². The highest BCUT2D eigenvalue weighted by molar-refractivity contribution is 6.05. The Labute approximate surface area is 134 Å². The molecule has 0 radical (unpaired) electrons. The normalized spacial score (nSPS) is 10.6. The standard InChI is InChI=1S/C18H18FNO3/c1-12-14(19)5-4-6-15(12)20-10-9-16(21)13-7-8-17(22-2)18(11-13)23-3/h4-11,20H,1-3H3/b10-9+. The van der Waals surface area contributed by atoms with Crippen LogP contribution in [-0.4, -0.2) is 20.0 Å². The van der Waals surface area contributed by atoms with Crippen LogP contribution in [0.15, 0.2) is 48.7 Å². The van der Waals surface area contributed by atoms with E-state index in [2.05, 4.69) is 5.32 Å². The van der Waals surface area contributed by atoms with Crippen molar-refractivity contribution in [2.45, 2.75) is 6.92 Å². The number of ether oxygens (including phenoxy) is 2. The molecule has 0 aromatic heterocycles. The highest BCUT2D eigenvalue weighted by Crippen LogP contribution is 2.27. The van der Waals surface area contributed by atoms with E-state index >= 15 is 0 Å². The van der Waals surface area contributed by atoms with E-state index in [4.69, 9.17) is 9.47 Å². The Hall–Kier alpha value is -2.82. The number of rotatable bonds is 6. The lowest BCUT2D eigenvalue weighted by Crippen LogP contribution is -1.99. The van der Waals surface area contributed by atoms with Gasteiger partial charge in [-0.25, -0.2) is 4.39 Å². The zero-order valence-electron chi connectivity index (χ0n) is 13.2. The number of methoxy groups -OCH3 is 2. The third-order valence-electron chi connectivity index (χ3n) is 3.41. The number of benzene rings is 2. The van der Waals surface area contributed by atoms with E-state index in [1.54, 1.807) is 37.3 Å². The van der Waals surface area contributed by atoms with Crippen molar-refractivity contribution in [3.8, 4) is 11.5 Å². The molecule has 0 fully saturated rings. The highest BCUT2D eigenvalue weighted by atomic mass is 19.1. The van der Waals surface area contributed by atoms with E-state index in [0.717, 1.165) is 0 Å². The van der Waals surface area contributed by atoms with E-state index in [1.165, 1.54) is 32.6 Å². The quantitative estimate of drug-likeness (QED) is 0.647. The Balaban J connectivity index is 2.11. The first kappa shape index (κ1) is 16.5. The van der Waals surface area contributed by atoms with E-state index in [1.807, 2.05) is 0 Å². The number of carbonyl (C=O) groups excluding carboxylic acids is 1. The largest absolute Gasteiger partial charge is 0.493 e. The molecule has 2 rings (SSSR count). The van der Waals surface area contributed by atoms with Crippen LogP contribution in [0.4, 0.5) is 10.1 Å². The van der Waals surface area contributed by atoms with Crippen LogP contribution in [0.2, 0.25) is 0 Å². The average Bonchev–Trinajstić information content (AvgIpc) is 2.57. The first-order valence-corrected chi connectivity index (χ1v) is 7.01. The topological polar surface area (TPSA) is 47.6 Å². The van der Waals surface area contributed by atoms with E-state index in [-0.39, 0.29) is 11.6 Å². The molecule has 0 aliphatic carbocycles. The summed E-state index contributed by atoms with van der Waals surface area (Å²) in [5.74, 6) is 0.546. The predicted octanol–water partition coefficient (Wildman–Crippen LogP) is 3.96. The minimum atomic E-state index is -0.297. The summed E-state index contributed by atoms with van der Waals surface area (Å²) in [5.41, 5.74) is 1.58. The molecule has 4 nitrogen and oxygen atoms in total. The fourth-order valence-electron chi connectivity index (χ4n) is 2.06. The lowest BCUT2D eigenvalue weighted by atomic mass is 10.1. The maximum absolute atomic E-state index is 13.4. The van der Waals surface area contributed by atoms with Crippen molar-refractivity contribution in [3.63, 3.8) is 0 Å². The Morgan fingerprint density at radius 2 is 1.87 bits per heavy atom. The van der Waals surface area contributed by atoms with Crippen molar-refractivity contribution < 1.29 is 18.7 Å². The highest BCUT2D eigenvalue weighted by Gasteiger charge is 2.08. The number of halogens is 1. The average molecular weight is 315 g/mol. The molecule has 1 N–H and O–H groups in total. The number of allylic oxidation sites excluding steroid dienone is 1. The van der Waals surface area contributed by atoms with E-state index in [0.29, 0.717) is 28.3 Å². The molecule has 0 spiro atoms. The van der Waals surface area contributed by atoms with Crippen molar-refractivity contribution in [1.82, 2.24) is 0 Å². The molecule has 0 unspecified atom stereocenters. The van der Waals surface area contributed by atoms with Crippen LogP contribution < -0.4 is 14.8 Å². The van der Waals surface area contributed by atoms with Crippen molar-refractivity contribution in [2.24, 2.45) is 0 Å². The second-order valence-electron chi connectivity index (χ2n) is 4.82. The lowest BCUT2D eigenvalue weighted by Gasteiger charge is -2.08. The van der Waals surface area contributed by atoms with Crippen LogP contribution in [0, 0.1) is 12.7 Å².